The summed E-state index contributed by atoms with van der Waals surface area (Å²) in [5, 5.41) is 4.31. The number of nitrogens with zero attached hydrogens (tertiary/aromatic N) is 4. The largest absolute Gasteiger partial charge is 0.329 e. The van der Waals surface area contributed by atoms with Crippen LogP contribution < -0.4 is 16.7 Å². The van der Waals surface area contributed by atoms with E-state index in [0.717, 1.165) is 12.0 Å². The molecule has 2 aromatic heterocycles. The standard InChI is InChI=1S/C24H26N6O2/c1-16(2)15-30-20-21(29(3)24(32)27-22(20)31)26-23(30)28-25-14-19-11-9-18(10-12-19)13-17-7-5-4-6-8-17/h4-12,14,16H,13,15H2,1-3H3,(H,26,28)(H,27,31,32)/b25-14+. The van der Waals surface area contributed by atoms with E-state index in [2.05, 4.69) is 44.8 Å². The first kappa shape index (κ1) is 21.3. The van der Waals surface area contributed by atoms with Gasteiger partial charge in [-0.3, -0.25) is 14.3 Å². The lowest BCUT2D eigenvalue weighted by molar-refractivity contribution is 0.535. The highest BCUT2D eigenvalue weighted by Gasteiger charge is 2.17. The SMILES string of the molecule is CC(C)Cn1c(N/N=C/c2ccc(Cc3ccccc3)cc2)nc2c1c(=O)[nH]c(=O)n2C. The Kier molecular flexibility index (Phi) is 6.02. The molecule has 2 heterocycles. The number of aryl methyl sites for hydroxylation is 1. The average Bonchev–Trinajstić information content (AvgIpc) is 3.12. The van der Waals surface area contributed by atoms with E-state index in [-0.39, 0.29) is 5.92 Å². The topological polar surface area (TPSA) is 97.1 Å². The van der Waals surface area contributed by atoms with Crippen molar-refractivity contribution in [2.45, 2.75) is 26.8 Å². The van der Waals surface area contributed by atoms with Crippen LogP contribution in [0.3, 0.4) is 0 Å². The molecular formula is C24H26N6O2. The van der Waals surface area contributed by atoms with Crippen molar-refractivity contribution < 1.29 is 0 Å². The van der Waals surface area contributed by atoms with Gasteiger partial charge in [-0.05, 0) is 29.0 Å². The minimum absolute atomic E-state index is 0.269. The Bertz CT molecular complexity index is 1360. The zero-order valence-electron chi connectivity index (χ0n) is 18.4. The summed E-state index contributed by atoms with van der Waals surface area (Å²) in [7, 11) is 1.58. The van der Waals surface area contributed by atoms with Crippen LogP contribution in [0.4, 0.5) is 5.95 Å². The molecule has 4 rings (SSSR count). The van der Waals surface area contributed by atoms with Crippen molar-refractivity contribution in [2.75, 3.05) is 5.43 Å². The Hall–Kier alpha value is -3.94. The molecule has 0 radical (unpaired) electrons. The number of H-pyrrole nitrogens is 1. The molecule has 4 aromatic rings. The summed E-state index contributed by atoms with van der Waals surface area (Å²) in [6.07, 6.45) is 2.58. The van der Waals surface area contributed by atoms with Crippen LogP contribution in [0.1, 0.15) is 30.5 Å². The molecule has 164 valence electrons. The first-order chi connectivity index (χ1) is 15.4. The van der Waals surface area contributed by atoms with Crippen LogP contribution in [0.5, 0.6) is 0 Å². The van der Waals surface area contributed by atoms with Gasteiger partial charge in [0.2, 0.25) is 5.95 Å². The molecule has 0 bridgehead atoms. The van der Waals surface area contributed by atoms with Gasteiger partial charge in [-0.15, -0.1) is 0 Å². The molecule has 0 fully saturated rings. The highest BCUT2D eigenvalue weighted by atomic mass is 16.2. The molecule has 0 saturated heterocycles. The third-order valence-electron chi connectivity index (χ3n) is 5.16. The van der Waals surface area contributed by atoms with Gasteiger partial charge >= 0.3 is 5.69 Å². The van der Waals surface area contributed by atoms with E-state index >= 15 is 0 Å². The highest BCUT2D eigenvalue weighted by molar-refractivity contribution is 5.80. The fraction of sp³-hybridized carbons (Fsp3) is 0.250. The van der Waals surface area contributed by atoms with Crippen LogP contribution in [0.25, 0.3) is 11.2 Å². The second-order valence-electron chi connectivity index (χ2n) is 8.20. The maximum absolute atomic E-state index is 12.4. The lowest BCUT2D eigenvalue weighted by Gasteiger charge is -2.10. The summed E-state index contributed by atoms with van der Waals surface area (Å²) in [4.78, 5) is 31.2. The van der Waals surface area contributed by atoms with E-state index in [4.69, 9.17) is 0 Å². The van der Waals surface area contributed by atoms with E-state index in [1.807, 2.05) is 44.2 Å². The summed E-state index contributed by atoms with van der Waals surface area (Å²) >= 11 is 0. The van der Waals surface area contributed by atoms with E-state index < -0.39 is 11.2 Å². The van der Waals surface area contributed by atoms with Crippen LogP contribution in [-0.2, 0) is 20.0 Å². The van der Waals surface area contributed by atoms with Crippen LogP contribution in [0, 0.1) is 5.92 Å². The van der Waals surface area contributed by atoms with Gasteiger partial charge in [-0.2, -0.15) is 10.1 Å². The van der Waals surface area contributed by atoms with Gasteiger partial charge in [-0.1, -0.05) is 68.4 Å². The van der Waals surface area contributed by atoms with Gasteiger partial charge in [0.1, 0.15) is 0 Å². The molecule has 0 aliphatic rings. The van der Waals surface area contributed by atoms with Gasteiger partial charge in [0, 0.05) is 13.6 Å². The number of imidazole rings is 1. The molecule has 2 N–H and O–H groups in total. The number of fused-ring (bicyclic) bond motifs is 1. The number of aromatic amines is 1. The molecule has 2 aromatic carbocycles. The molecule has 0 aliphatic heterocycles. The summed E-state index contributed by atoms with van der Waals surface area (Å²) in [6.45, 7) is 4.65. The zero-order valence-corrected chi connectivity index (χ0v) is 18.4. The third-order valence-corrected chi connectivity index (χ3v) is 5.16. The number of hydrogen-bond donors (Lipinski definition) is 2. The smallest absolute Gasteiger partial charge is 0.303 e. The molecule has 8 nitrogen and oxygen atoms in total. The van der Waals surface area contributed by atoms with Crippen LogP contribution in [0.15, 0.2) is 69.3 Å². The van der Waals surface area contributed by atoms with E-state index in [1.165, 1.54) is 15.7 Å². The first-order valence-corrected chi connectivity index (χ1v) is 10.5. The number of benzene rings is 2. The number of hydrogen-bond acceptors (Lipinski definition) is 5. The predicted octanol–water partition coefficient (Wildman–Crippen LogP) is 3.12. The first-order valence-electron chi connectivity index (χ1n) is 10.5. The normalized spacial score (nSPS) is 11.6. The predicted molar refractivity (Wildman–Crippen MR) is 127 cm³/mol. The minimum Gasteiger partial charge on any atom is -0.303 e. The summed E-state index contributed by atoms with van der Waals surface area (Å²) < 4.78 is 3.09. The van der Waals surface area contributed by atoms with E-state index in [9.17, 15) is 9.59 Å². The molecule has 0 saturated carbocycles. The molecule has 0 aliphatic carbocycles. The maximum Gasteiger partial charge on any atom is 0.329 e. The Morgan fingerprint density at radius 2 is 1.75 bits per heavy atom. The van der Waals surface area contributed by atoms with Crippen LogP contribution >= 0.6 is 0 Å². The molecule has 0 unspecified atom stereocenters. The Balaban J connectivity index is 1.56. The van der Waals surface area contributed by atoms with E-state index in [1.54, 1.807) is 17.8 Å². The number of nitrogens with one attached hydrogen (secondary N) is 2. The quantitative estimate of drug-likeness (QED) is 0.348. The lowest BCUT2D eigenvalue weighted by atomic mass is 10.0. The zero-order chi connectivity index (χ0) is 22.7. The number of rotatable bonds is 7. The fourth-order valence-corrected chi connectivity index (χ4v) is 3.58. The molecule has 0 atom stereocenters. The molecular weight excluding hydrogens is 404 g/mol. The van der Waals surface area contributed by atoms with Crippen molar-refractivity contribution in [3.8, 4) is 0 Å². The minimum atomic E-state index is -0.498. The molecule has 8 heteroatoms. The number of hydrazone groups is 1. The Morgan fingerprint density at radius 3 is 2.44 bits per heavy atom. The summed E-state index contributed by atoms with van der Waals surface area (Å²) in [5.41, 5.74) is 6.08. The van der Waals surface area contributed by atoms with Crippen LogP contribution in [0.2, 0.25) is 0 Å². The van der Waals surface area contributed by atoms with Gasteiger partial charge in [0.05, 0.1) is 6.21 Å². The van der Waals surface area contributed by atoms with Gasteiger partial charge in [0.15, 0.2) is 11.2 Å². The lowest BCUT2D eigenvalue weighted by Crippen LogP contribution is -2.29. The highest BCUT2D eigenvalue weighted by Crippen LogP contribution is 2.17. The van der Waals surface area contributed by atoms with Crippen molar-refractivity contribution in [3.05, 3.63) is 92.1 Å². The molecule has 0 amide bonds. The fourth-order valence-electron chi connectivity index (χ4n) is 3.58. The van der Waals surface area contributed by atoms with E-state index in [0.29, 0.717) is 23.7 Å². The second-order valence-corrected chi connectivity index (χ2v) is 8.20. The van der Waals surface area contributed by atoms with Crippen molar-refractivity contribution in [2.24, 2.45) is 18.1 Å². The van der Waals surface area contributed by atoms with Gasteiger partial charge < -0.3 is 4.57 Å². The Morgan fingerprint density at radius 1 is 1.06 bits per heavy atom. The van der Waals surface area contributed by atoms with Crippen LogP contribution in [-0.4, -0.2) is 25.3 Å². The van der Waals surface area contributed by atoms with Crippen molar-refractivity contribution >= 4 is 23.3 Å². The third kappa shape index (κ3) is 4.54. The monoisotopic (exact) mass is 430 g/mol. The van der Waals surface area contributed by atoms with Crippen molar-refractivity contribution in [1.82, 2.24) is 19.1 Å². The van der Waals surface area contributed by atoms with Crippen molar-refractivity contribution in [3.63, 3.8) is 0 Å². The van der Waals surface area contributed by atoms with Gasteiger partial charge in [-0.25, -0.2) is 10.2 Å². The average molecular weight is 431 g/mol. The summed E-state index contributed by atoms with van der Waals surface area (Å²) in [5.74, 6) is 0.683. The number of aromatic nitrogens is 4. The molecule has 32 heavy (non-hydrogen) atoms. The van der Waals surface area contributed by atoms with Crippen molar-refractivity contribution in [1.29, 1.82) is 0 Å². The second kappa shape index (κ2) is 9.05. The maximum atomic E-state index is 12.4. The number of anilines is 1. The Labute approximate surface area is 185 Å². The molecule has 0 spiro atoms. The summed E-state index contributed by atoms with van der Waals surface area (Å²) in [6, 6.07) is 18.5. The van der Waals surface area contributed by atoms with Gasteiger partial charge in [0.25, 0.3) is 5.56 Å².